The lowest BCUT2D eigenvalue weighted by atomic mass is 10.0. The number of carbonyl (C=O) groups excluding carboxylic acids is 1. The van der Waals surface area contributed by atoms with Gasteiger partial charge in [-0.1, -0.05) is 48.5 Å². The lowest BCUT2D eigenvalue weighted by Crippen LogP contribution is -2.54. The summed E-state index contributed by atoms with van der Waals surface area (Å²) >= 11 is 0. The van der Waals surface area contributed by atoms with Gasteiger partial charge in [0.1, 0.15) is 6.04 Å². The second-order valence-electron chi connectivity index (χ2n) is 10.1. The van der Waals surface area contributed by atoms with Crippen LogP contribution in [0.25, 0.3) is 0 Å². The number of guanidine groups is 1. The van der Waals surface area contributed by atoms with Crippen molar-refractivity contribution in [3.63, 3.8) is 0 Å². The van der Waals surface area contributed by atoms with Gasteiger partial charge in [-0.25, -0.2) is 4.99 Å². The predicted octanol–water partition coefficient (Wildman–Crippen LogP) is 6.57. The molecule has 1 fully saturated rings. The summed E-state index contributed by atoms with van der Waals surface area (Å²) in [5, 5.41) is 0. The summed E-state index contributed by atoms with van der Waals surface area (Å²) in [4.78, 5) is 23.5. The Morgan fingerprint density at radius 3 is 1.84 bits per heavy atom. The first-order valence-electron chi connectivity index (χ1n) is 13.3. The molecule has 6 nitrogen and oxygen atoms in total. The van der Waals surface area contributed by atoms with Crippen LogP contribution in [-0.4, -0.2) is 66.3 Å². The molecule has 1 amide bonds. The minimum atomic E-state index is -4.94. The molecule has 1 saturated heterocycles. The van der Waals surface area contributed by atoms with Crippen molar-refractivity contribution in [2.75, 3.05) is 39.8 Å². The number of nitrogens with zero attached hydrogens (tertiary/aromatic N) is 4. The van der Waals surface area contributed by atoms with Gasteiger partial charge in [-0.2, -0.15) is 26.3 Å². The van der Waals surface area contributed by atoms with Crippen molar-refractivity contribution >= 4 is 42.4 Å². The number of piperazine rings is 1. The largest absolute Gasteiger partial charge is 0.416 e. The molecule has 0 saturated carbocycles. The molecule has 0 unspecified atom stereocenters. The number of hydrogen-bond acceptors (Lipinski definition) is 3. The standard InChI is InChI=1S/C30H31F6N5O.2ClH/c1-39(13-12-21-18-23(29(31,32)33)20-24(19-21)30(34,35)36)27(42)26(22-8-4-2-5-9-22)40-14-16-41(17-15-40)28(37)38-25-10-6-3-7-11-25;;/h2-11,18-20,26H,12-17H2,1H3,(H2,37,38);2*1H/t26-;;/m0../s1. The molecule has 3 aromatic rings. The number of benzene rings is 3. The highest BCUT2D eigenvalue weighted by atomic mass is 35.5. The van der Waals surface area contributed by atoms with E-state index in [1.165, 1.54) is 11.9 Å². The van der Waals surface area contributed by atoms with Crippen molar-refractivity contribution in [2.45, 2.75) is 24.8 Å². The van der Waals surface area contributed by atoms with Gasteiger partial charge >= 0.3 is 12.4 Å². The van der Waals surface area contributed by atoms with Crippen LogP contribution in [0.5, 0.6) is 0 Å². The van der Waals surface area contributed by atoms with E-state index in [-0.39, 0.29) is 55.3 Å². The molecule has 0 bridgehead atoms. The van der Waals surface area contributed by atoms with E-state index in [2.05, 4.69) is 4.99 Å². The molecule has 0 aliphatic carbocycles. The number of alkyl halides is 6. The molecule has 4 rings (SSSR count). The Balaban J connectivity index is 0.00000337. The molecule has 1 aliphatic heterocycles. The van der Waals surface area contributed by atoms with Gasteiger partial charge in [0, 0.05) is 39.8 Å². The molecule has 44 heavy (non-hydrogen) atoms. The fraction of sp³-hybridized carbons (Fsp3) is 0.333. The fourth-order valence-electron chi connectivity index (χ4n) is 4.84. The molecule has 14 heteroatoms. The van der Waals surface area contributed by atoms with Gasteiger partial charge in [0.25, 0.3) is 0 Å². The van der Waals surface area contributed by atoms with E-state index in [1.54, 1.807) is 12.1 Å². The molecule has 0 spiro atoms. The molecule has 240 valence electrons. The number of rotatable bonds is 7. The Labute approximate surface area is 264 Å². The third-order valence-corrected chi connectivity index (χ3v) is 7.11. The van der Waals surface area contributed by atoms with Crippen LogP contribution in [-0.2, 0) is 23.6 Å². The highest BCUT2D eigenvalue weighted by Gasteiger charge is 2.37. The van der Waals surface area contributed by atoms with E-state index in [4.69, 9.17) is 5.73 Å². The Hall–Kier alpha value is -3.48. The minimum absolute atomic E-state index is 0. The van der Waals surface area contributed by atoms with Crippen molar-refractivity contribution < 1.29 is 31.1 Å². The van der Waals surface area contributed by atoms with Crippen LogP contribution < -0.4 is 5.73 Å². The molecule has 0 radical (unpaired) electrons. The topological polar surface area (TPSA) is 65.2 Å². The smallest absolute Gasteiger partial charge is 0.369 e. The third kappa shape index (κ3) is 9.51. The highest BCUT2D eigenvalue weighted by molar-refractivity contribution is 5.86. The summed E-state index contributed by atoms with van der Waals surface area (Å²) < 4.78 is 79.8. The van der Waals surface area contributed by atoms with Crippen LogP contribution in [0.3, 0.4) is 0 Å². The monoisotopic (exact) mass is 663 g/mol. The Kier molecular flexibility index (Phi) is 12.9. The number of carbonyl (C=O) groups is 1. The van der Waals surface area contributed by atoms with Crippen LogP contribution in [0.2, 0.25) is 0 Å². The predicted molar refractivity (Wildman–Crippen MR) is 162 cm³/mol. The molecule has 3 aromatic carbocycles. The lowest BCUT2D eigenvalue weighted by Gasteiger charge is -2.40. The Bertz CT molecular complexity index is 1350. The van der Waals surface area contributed by atoms with E-state index >= 15 is 0 Å². The van der Waals surface area contributed by atoms with Crippen molar-refractivity contribution in [1.29, 1.82) is 0 Å². The SMILES string of the molecule is CN(CCc1cc(C(F)(F)F)cc(C(F)(F)F)c1)C(=O)[C@H](c1ccccc1)N1CCN(C(N)=Nc2ccccc2)CC1.Cl.Cl. The van der Waals surface area contributed by atoms with E-state index in [1.807, 2.05) is 58.3 Å². The van der Waals surface area contributed by atoms with E-state index in [0.29, 0.717) is 44.3 Å². The average molecular weight is 665 g/mol. The van der Waals surface area contributed by atoms with Crippen molar-refractivity contribution in [3.8, 4) is 0 Å². The normalized spacial score (nSPS) is 15.2. The number of para-hydroxylation sites is 1. The van der Waals surface area contributed by atoms with Gasteiger partial charge in [0.05, 0.1) is 16.8 Å². The van der Waals surface area contributed by atoms with E-state index < -0.39 is 29.5 Å². The third-order valence-electron chi connectivity index (χ3n) is 7.11. The molecule has 0 aromatic heterocycles. The summed E-state index contributed by atoms with van der Waals surface area (Å²) in [6.45, 7) is 1.90. The molecular formula is C30H33Cl2F6N5O. The maximum Gasteiger partial charge on any atom is 0.416 e. The Morgan fingerprint density at radius 2 is 1.34 bits per heavy atom. The zero-order valence-corrected chi connectivity index (χ0v) is 25.3. The van der Waals surface area contributed by atoms with Crippen molar-refractivity contribution in [2.24, 2.45) is 10.7 Å². The zero-order valence-electron chi connectivity index (χ0n) is 23.7. The maximum absolute atomic E-state index is 13.7. The molecule has 1 aliphatic rings. The van der Waals surface area contributed by atoms with Crippen LogP contribution in [0.1, 0.15) is 28.3 Å². The summed E-state index contributed by atoms with van der Waals surface area (Å²) in [6.07, 6.45) is -10.1. The number of hydrogen-bond donors (Lipinski definition) is 1. The molecule has 1 atom stereocenters. The van der Waals surface area contributed by atoms with E-state index in [0.717, 1.165) is 11.3 Å². The fourth-order valence-corrected chi connectivity index (χ4v) is 4.84. The van der Waals surface area contributed by atoms with Crippen LogP contribution in [0, 0.1) is 0 Å². The van der Waals surface area contributed by atoms with Gasteiger partial charge < -0.3 is 15.5 Å². The molecule has 1 heterocycles. The molecule has 2 N–H and O–H groups in total. The minimum Gasteiger partial charge on any atom is -0.369 e. The van der Waals surface area contributed by atoms with Gasteiger partial charge in [-0.05, 0) is 47.9 Å². The van der Waals surface area contributed by atoms with Gasteiger partial charge in [-0.15, -0.1) is 24.8 Å². The first kappa shape index (κ1) is 36.7. The first-order chi connectivity index (χ1) is 19.8. The zero-order chi connectivity index (χ0) is 30.5. The average Bonchev–Trinajstić information content (AvgIpc) is 2.96. The molecular weight excluding hydrogens is 631 g/mol. The quantitative estimate of drug-likeness (QED) is 0.176. The highest BCUT2D eigenvalue weighted by Crippen LogP contribution is 2.36. The summed E-state index contributed by atoms with van der Waals surface area (Å²) in [5.41, 5.74) is 4.77. The van der Waals surface area contributed by atoms with Crippen LogP contribution in [0.4, 0.5) is 32.0 Å². The van der Waals surface area contributed by atoms with Crippen LogP contribution >= 0.6 is 24.8 Å². The van der Waals surface area contributed by atoms with Crippen LogP contribution in [0.15, 0.2) is 83.9 Å². The number of nitrogens with two attached hydrogens (primary N) is 1. The van der Waals surface area contributed by atoms with E-state index in [9.17, 15) is 31.1 Å². The van der Waals surface area contributed by atoms with Crippen molar-refractivity contribution in [3.05, 3.63) is 101 Å². The van der Waals surface area contributed by atoms with Gasteiger partial charge in [-0.3, -0.25) is 9.69 Å². The van der Waals surface area contributed by atoms with Crippen molar-refractivity contribution in [1.82, 2.24) is 14.7 Å². The second-order valence-corrected chi connectivity index (χ2v) is 10.1. The lowest BCUT2D eigenvalue weighted by molar-refractivity contribution is -0.143. The maximum atomic E-state index is 13.7. The van der Waals surface area contributed by atoms with Gasteiger partial charge in [0.2, 0.25) is 5.91 Å². The summed E-state index contributed by atoms with van der Waals surface area (Å²) in [5.74, 6) is 0.0449. The number of likely N-dealkylation sites (N-methyl/N-ethyl adjacent to an activating group) is 1. The van der Waals surface area contributed by atoms with Gasteiger partial charge in [0.15, 0.2) is 5.96 Å². The Morgan fingerprint density at radius 1 is 0.841 bits per heavy atom. The number of halogens is 8. The first-order valence-corrected chi connectivity index (χ1v) is 13.3. The summed E-state index contributed by atoms with van der Waals surface area (Å²) in [6, 6.07) is 19.1. The summed E-state index contributed by atoms with van der Waals surface area (Å²) in [7, 11) is 1.50. The second kappa shape index (κ2) is 15.5. The number of amides is 1. The number of aliphatic imine (C=N–C) groups is 1.